The predicted octanol–water partition coefficient (Wildman–Crippen LogP) is 2.17. The Kier molecular flexibility index (Phi) is 4.81. The molecule has 0 aliphatic heterocycles. The van der Waals surface area contributed by atoms with Gasteiger partial charge in [-0.25, -0.2) is 0 Å². The van der Waals surface area contributed by atoms with E-state index in [1.54, 1.807) is 21.3 Å². The summed E-state index contributed by atoms with van der Waals surface area (Å²) >= 11 is 5.91. The van der Waals surface area contributed by atoms with Crippen LogP contribution in [0.15, 0.2) is 18.2 Å². The topological polar surface area (TPSA) is 58.4 Å². The lowest BCUT2D eigenvalue weighted by Gasteiger charge is -2.12. The second-order valence-corrected chi connectivity index (χ2v) is 4.24. The van der Waals surface area contributed by atoms with Crippen LogP contribution in [0.5, 0.6) is 11.5 Å². The minimum atomic E-state index is 0.255. The fourth-order valence-corrected chi connectivity index (χ4v) is 2.10. The highest BCUT2D eigenvalue weighted by atomic mass is 35.5. The maximum absolute atomic E-state index is 5.91. The molecular weight excluding hydrogens is 282 g/mol. The van der Waals surface area contributed by atoms with Crippen molar-refractivity contribution in [2.45, 2.75) is 12.5 Å². The van der Waals surface area contributed by atoms with Crippen LogP contribution in [0, 0.1) is 0 Å². The zero-order valence-electron chi connectivity index (χ0n) is 11.6. The number of aromatic nitrogens is 3. The van der Waals surface area contributed by atoms with Gasteiger partial charge in [0.05, 0.1) is 25.8 Å². The lowest BCUT2D eigenvalue weighted by Crippen LogP contribution is -2.06. The Hall–Kier alpha value is -1.79. The molecule has 2 rings (SSSR count). The van der Waals surface area contributed by atoms with Crippen LogP contribution in [0.3, 0.4) is 0 Å². The van der Waals surface area contributed by atoms with Crippen LogP contribution in [-0.4, -0.2) is 36.1 Å². The molecule has 1 heterocycles. The third-order valence-corrected chi connectivity index (χ3v) is 3.05. The van der Waals surface area contributed by atoms with E-state index in [9.17, 15) is 0 Å². The van der Waals surface area contributed by atoms with Gasteiger partial charge in [-0.1, -0.05) is 0 Å². The number of rotatable bonds is 6. The Bertz CT molecular complexity index is 586. The van der Waals surface area contributed by atoms with Crippen molar-refractivity contribution < 1.29 is 14.2 Å². The van der Waals surface area contributed by atoms with Crippen molar-refractivity contribution in [1.29, 1.82) is 0 Å². The maximum atomic E-state index is 5.91. The van der Waals surface area contributed by atoms with Crippen molar-refractivity contribution in [3.05, 3.63) is 29.8 Å². The zero-order valence-corrected chi connectivity index (χ0v) is 12.3. The first-order chi connectivity index (χ1) is 9.74. The summed E-state index contributed by atoms with van der Waals surface area (Å²) in [5.74, 6) is 2.86. The summed E-state index contributed by atoms with van der Waals surface area (Å²) in [5, 5.41) is 8.14. The van der Waals surface area contributed by atoms with Crippen LogP contribution in [0.4, 0.5) is 0 Å². The molecule has 6 nitrogen and oxygen atoms in total. The van der Waals surface area contributed by atoms with Crippen LogP contribution >= 0.6 is 11.6 Å². The predicted molar refractivity (Wildman–Crippen MR) is 74.7 cm³/mol. The smallest absolute Gasteiger partial charge is 0.163 e. The van der Waals surface area contributed by atoms with E-state index in [2.05, 4.69) is 10.2 Å². The summed E-state index contributed by atoms with van der Waals surface area (Å²) in [6.45, 7) is 0.345. The minimum absolute atomic E-state index is 0.255. The highest BCUT2D eigenvalue weighted by molar-refractivity contribution is 6.16. The van der Waals surface area contributed by atoms with Gasteiger partial charge in [-0.15, -0.1) is 21.8 Å². The van der Waals surface area contributed by atoms with Gasteiger partial charge in [-0.3, -0.25) is 4.57 Å². The molecule has 0 amide bonds. The average Bonchev–Trinajstić information content (AvgIpc) is 2.89. The molecular formula is C13H16ClN3O3. The number of ether oxygens (including phenoxy) is 3. The second kappa shape index (κ2) is 6.58. The Morgan fingerprint density at radius 3 is 2.35 bits per heavy atom. The summed E-state index contributed by atoms with van der Waals surface area (Å²) < 4.78 is 17.5. The van der Waals surface area contributed by atoms with Gasteiger partial charge in [-0.2, -0.15) is 0 Å². The van der Waals surface area contributed by atoms with Gasteiger partial charge in [0.2, 0.25) is 0 Å². The van der Waals surface area contributed by atoms with E-state index in [4.69, 9.17) is 25.8 Å². The van der Waals surface area contributed by atoms with E-state index >= 15 is 0 Å². The van der Waals surface area contributed by atoms with Crippen molar-refractivity contribution >= 4 is 11.6 Å². The monoisotopic (exact) mass is 297 g/mol. The molecule has 0 saturated carbocycles. The molecule has 1 aromatic heterocycles. The summed E-state index contributed by atoms with van der Waals surface area (Å²) in [6.07, 6.45) is 0. The molecule has 20 heavy (non-hydrogen) atoms. The largest absolute Gasteiger partial charge is 0.493 e. The normalized spacial score (nSPS) is 10.6. The van der Waals surface area contributed by atoms with Crippen molar-refractivity contribution in [1.82, 2.24) is 14.8 Å². The Labute approximate surface area is 122 Å². The van der Waals surface area contributed by atoms with Crippen molar-refractivity contribution in [3.63, 3.8) is 0 Å². The number of hydrogen-bond acceptors (Lipinski definition) is 5. The zero-order chi connectivity index (χ0) is 14.5. The summed E-state index contributed by atoms with van der Waals surface area (Å²) in [6, 6.07) is 5.56. The first-order valence-corrected chi connectivity index (χ1v) is 6.49. The fraction of sp³-hybridized carbons (Fsp3) is 0.385. The van der Waals surface area contributed by atoms with Crippen molar-refractivity contribution in [2.24, 2.45) is 0 Å². The standard InChI is InChI=1S/C13H16ClN3O3/c1-18-8-13-16-15-12(7-14)17(13)9-4-5-10(19-2)11(6-9)20-3/h4-6H,7-8H2,1-3H3. The first-order valence-electron chi connectivity index (χ1n) is 5.95. The van der Waals surface area contributed by atoms with E-state index in [1.807, 2.05) is 22.8 Å². The van der Waals surface area contributed by atoms with Gasteiger partial charge < -0.3 is 14.2 Å². The van der Waals surface area contributed by atoms with Crippen molar-refractivity contribution in [2.75, 3.05) is 21.3 Å². The minimum Gasteiger partial charge on any atom is -0.493 e. The van der Waals surface area contributed by atoms with Gasteiger partial charge in [0.15, 0.2) is 23.1 Å². The van der Waals surface area contributed by atoms with Gasteiger partial charge in [-0.05, 0) is 12.1 Å². The number of nitrogens with zero attached hydrogens (tertiary/aromatic N) is 3. The highest BCUT2D eigenvalue weighted by Crippen LogP contribution is 2.30. The lowest BCUT2D eigenvalue weighted by molar-refractivity contribution is 0.176. The number of alkyl halides is 1. The average molecular weight is 298 g/mol. The first kappa shape index (κ1) is 14.6. The van der Waals surface area contributed by atoms with Crippen molar-refractivity contribution in [3.8, 4) is 17.2 Å². The SMILES string of the molecule is COCc1nnc(CCl)n1-c1ccc(OC)c(OC)c1. The molecule has 0 fully saturated rings. The number of halogens is 1. The van der Waals surface area contributed by atoms with E-state index in [0.29, 0.717) is 29.8 Å². The van der Waals surface area contributed by atoms with Crippen LogP contribution in [0.2, 0.25) is 0 Å². The van der Waals surface area contributed by atoms with E-state index in [0.717, 1.165) is 5.69 Å². The molecule has 1 aromatic carbocycles. The van der Waals surface area contributed by atoms with Gasteiger partial charge in [0.1, 0.15) is 6.61 Å². The lowest BCUT2D eigenvalue weighted by atomic mass is 10.2. The number of methoxy groups -OCH3 is 3. The summed E-state index contributed by atoms with van der Waals surface area (Å²) in [4.78, 5) is 0. The number of hydrogen-bond donors (Lipinski definition) is 0. The van der Waals surface area contributed by atoms with Crippen LogP contribution < -0.4 is 9.47 Å². The summed E-state index contributed by atoms with van der Waals surface area (Å²) in [5.41, 5.74) is 0.843. The van der Waals surface area contributed by atoms with Gasteiger partial charge >= 0.3 is 0 Å². The van der Waals surface area contributed by atoms with Crippen LogP contribution in [0.1, 0.15) is 11.6 Å². The molecule has 108 valence electrons. The molecule has 0 unspecified atom stereocenters. The number of benzene rings is 1. The molecule has 0 aliphatic carbocycles. The van der Waals surface area contributed by atoms with E-state index < -0.39 is 0 Å². The molecule has 0 spiro atoms. The quantitative estimate of drug-likeness (QED) is 0.765. The van der Waals surface area contributed by atoms with E-state index in [-0.39, 0.29) is 5.88 Å². The Morgan fingerprint density at radius 1 is 1.05 bits per heavy atom. The molecule has 0 saturated heterocycles. The molecule has 0 aliphatic rings. The third-order valence-electron chi connectivity index (χ3n) is 2.82. The third kappa shape index (κ3) is 2.71. The van der Waals surface area contributed by atoms with Gasteiger partial charge in [0.25, 0.3) is 0 Å². The molecule has 0 N–H and O–H groups in total. The molecule has 2 aromatic rings. The van der Waals surface area contributed by atoms with Crippen LogP contribution in [-0.2, 0) is 17.2 Å². The Morgan fingerprint density at radius 2 is 1.75 bits per heavy atom. The Balaban J connectivity index is 2.52. The maximum Gasteiger partial charge on any atom is 0.163 e. The fourth-order valence-electron chi connectivity index (χ4n) is 1.92. The molecule has 0 atom stereocenters. The molecule has 7 heteroatoms. The molecule has 0 bridgehead atoms. The van der Waals surface area contributed by atoms with Gasteiger partial charge in [0, 0.05) is 13.2 Å². The van der Waals surface area contributed by atoms with E-state index in [1.165, 1.54) is 0 Å². The highest BCUT2D eigenvalue weighted by Gasteiger charge is 2.15. The van der Waals surface area contributed by atoms with Crippen LogP contribution in [0.25, 0.3) is 5.69 Å². The second-order valence-electron chi connectivity index (χ2n) is 3.97. The summed E-state index contributed by atoms with van der Waals surface area (Å²) in [7, 11) is 4.79. The molecule has 0 radical (unpaired) electrons.